The maximum Gasteiger partial charge on any atom is 0.321 e. The maximum atomic E-state index is 12.4. The SMILES string of the molecule is COc1cccc(NC(=O)N2CCN(Cc3cccc(C)c3)CC2)c1. The minimum absolute atomic E-state index is 0.0524. The number of hydrogen-bond acceptors (Lipinski definition) is 3. The molecule has 0 radical (unpaired) electrons. The second-order valence-corrected chi connectivity index (χ2v) is 6.41. The van der Waals surface area contributed by atoms with E-state index < -0.39 is 0 Å². The smallest absolute Gasteiger partial charge is 0.321 e. The minimum Gasteiger partial charge on any atom is -0.497 e. The van der Waals surface area contributed by atoms with Crippen LogP contribution in [0.2, 0.25) is 0 Å². The summed E-state index contributed by atoms with van der Waals surface area (Å²) in [5.41, 5.74) is 3.37. The number of benzene rings is 2. The van der Waals surface area contributed by atoms with Crippen LogP contribution < -0.4 is 10.1 Å². The first-order chi connectivity index (χ1) is 12.1. The van der Waals surface area contributed by atoms with Crippen molar-refractivity contribution in [2.45, 2.75) is 13.5 Å². The van der Waals surface area contributed by atoms with E-state index in [9.17, 15) is 4.79 Å². The molecular formula is C20H25N3O2. The van der Waals surface area contributed by atoms with Crippen molar-refractivity contribution in [3.05, 3.63) is 59.7 Å². The van der Waals surface area contributed by atoms with Gasteiger partial charge >= 0.3 is 6.03 Å². The zero-order chi connectivity index (χ0) is 17.6. The zero-order valence-corrected chi connectivity index (χ0v) is 14.9. The van der Waals surface area contributed by atoms with E-state index in [2.05, 4.69) is 41.4 Å². The lowest BCUT2D eigenvalue weighted by Gasteiger charge is -2.34. The Morgan fingerprint density at radius 3 is 2.56 bits per heavy atom. The van der Waals surface area contributed by atoms with E-state index in [4.69, 9.17) is 4.74 Å². The molecule has 1 aliphatic rings. The summed E-state index contributed by atoms with van der Waals surface area (Å²) in [6, 6.07) is 16.0. The van der Waals surface area contributed by atoms with Gasteiger partial charge in [0.15, 0.2) is 0 Å². The monoisotopic (exact) mass is 339 g/mol. The Bertz CT molecular complexity index is 724. The number of amides is 2. The first-order valence-corrected chi connectivity index (χ1v) is 8.62. The number of ether oxygens (including phenoxy) is 1. The number of urea groups is 1. The predicted molar refractivity (Wildman–Crippen MR) is 100 cm³/mol. The molecular weight excluding hydrogens is 314 g/mol. The van der Waals surface area contributed by atoms with Crippen LogP contribution in [-0.4, -0.2) is 49.1 Å². The lowest BCUT2D eigenvalue weighted by molar-refractivity contribution is 0.143. The molecule has 0 bridgehead atoms. The average Bonchev–Trinajstić information content (AvgIpc) is 2.62. The van der Waals surface area contributed by atoms with Gasteiger partial charge in [0.1, 0.15) is 5.75 Å². The van der Waals surface area contributed by atoms with Crippen LogP contribution in [-0.2, 0) is 6.54 Å². The van der Waals surface area contributed by atoms with Gasteiger partial charge < -0.3 is 15.0 Å². The Morgan fingerprint density at radius 2 is 1.84 bits per heavy atom. The zero-order valence-electron chi connectivity index (χ0n) is 14.9. The van der Waals surface area contributed by atoms with E-state index in [1.807, 2.05) is 29.2 Å². The molecule has 0 saturated carbocycles. The minimum atomic E-state index is -0.0524. The average molecular weight is 339 g/mol. The van der Waals surface area contributed by atoms with Crippen molar-refractivity contribution in [2.24, 2.45) is 0 Å². The quantitative estimate of drug-likeness (QED) is 0.929. The van der Waals surface area contributed by atoms with E-state index in [1.54, 1.807) is 7.11 Å². The van der Waals surface area contributed by atoms with Crippen LogP contribution in [0.3, 0.4) is 0 Å². The fourth-order valence-corrected chi connectivity index (χ4v) is 3.08. The largest absolute Gasteiger partial charge is 0.497 e. The fourth-order valence-electron chi connectivity index (χ4n) is 3.08. The molecule has 1 saturated heterocycles. The van der Waals surface area contributed by atoms with E-state index in [-0.39, 0.29) is 6.03 Å². The number of rotatable bonds is 4. The number of anilines is 1. The van der Waals surface area contributed by atoms with Gasteiger partial charge in [-0.3, -0.25) is 4.90 Å². The highest BCUT2D eigenvalue weighted by Gasteiger charge is 2.21. The molecule has 1 fully saturated rings. The molecule has 5 nitrogen and oxygen atoms in total. The Balaban J connectivity index is 1.50. The molecule has 2 aromatic rings. The summed E-state index contributed by atoms with van der Waals surface area (Å²) in [6.07, 6.45) is 0. The molecule has 1 N–H and O–H groups in total. The van der Waals surface area contributed by atoms with Crippen molar-refractivity contribution in [2.75, 3.05) is 38.6 Å². The third kappa shape index (κ3) is 4.73. The molecule has 0 unspecified atom stereocenters. The Morgan fingerprint density at radius 1 is 1.08 bits per heavy atom. The topological polar surface area (TPSA) is 44.8 Å². The summed E-state index contributed by atoms with van der Waals surface area (Å²) in [4.78, 5) is 16.7. The Kier molecular flexibility index (Phi) is 5.56. The van der Waals surface area contributed by atoms with Gasteiger partial charge in [0, 0.05) is 44.5 Å². The van der Waals surface area contributed by atoms with Crippen LogP contribution >= 0.6 is 0 Å². The summed E-state index contributed by atoms with van der Waals surface area (Å²) >= 11 is 0. The van der Waals surface area contributed by atoms with Crippen molar-refractivity contribution >= 4 is 11.7 Å². The third-order valence-corrected chi connectivity index (χ3v) is 4.47. The summed E-state index contributed by atoms with van der Waals surface area (Å²) in [5, 5.41) is 2.95. The number of carbonyl (C=O) groups is 1. The van der Waals surface area contributed by atoms with Crippen molar-refractivity contribution in [1.82, 2.24) is 9.80 Å². The summed E-state index contributed by atoms with van der Waals surface area (Å²) in [6.45, 7) is 6.31. The van der Waals surface area contributed by atoms with Gasteiger partial charge in [-0.15, -0.1) is 0 Å². The van der Waals surface area contributed by atoms with Gasteiger partial charge in [-0.2, -0.15) is 0 Å². The predicted octanol–water partition coefficient (Wildman–Crippen LogP) is 3.35. The standard InChI is InChI=1S/C20H25N3O2/c1-16-5-3-6-17(13-16)15-22-9-11-23(12-10-22)20(24)21-18-7-4-8-19(14-18)25-2/h3-8,13-14H,9-12,15H2,1-2H3,(H,21,24). The normalized spacial score (nSPS) is 15.0. The van der Waals surface area contributed by atoms with Crippen molar-refractivity contribution < 1.29 is 9.53 Å². The van der Waals surface area contributed by atoms with Gasteiger partial charge in [-0.05, 0) is 24.6 Å². The molecule has 1 aliphatic heterocycles. The van der Waals surface area contributed by atoms with Crippen molar-refractivity contribution in [3.63, 3.8) is 0 Å². The molecule has 0 atom stereocenters. The Labute approximate surface area is 149 Å². The van der Waals surface area contributed by atoms with Gasteiger partial charge in [0.2, 0.25) is 0 Å². The molecule has 132 valence electrons. The van der Waals surface area contributed by atoms with Crippen molar-refractivity contribution in [3.8, 4) is 5.75 Å². The van der Waals surface area contributed by atoms with E-state index >= 15 is 0 Å². The first kappa shape index (κ1) is 17.3. The highest BCUT2D eigenvalue weighted by atomic mass is 16.5. The third-order valence-electron chi connectivity index (χ3n) is 4.47. The number of piperazine rings is 1. The molecule has 2 amide bonds. The number of carbonyl (C=O) groups excluding carboxylic acids is 1. The number of hydrogen-bond donors (Lipinski definition) is 1. The summed E-state index contributed by atoms with van der Waals surface area (Å²) in [5.74, 6) is 0.737. The number of nitrogens with one attached hydrogen (secondary N) is 1. The molecule has 3 rings (SSSR count). The molecule has 1 heterocycles. The van der Waals surface area contributed by atoms with E-state index in [0.29, 0.717) is 0 Å². The van der Waals surface area contributed by atoms with E-state index in [0.717, 1.165) is 44.2 Å². The van der Waals surface area contributed by atoms with Gasteiger partial charge in [0.25, 0.3) is 0 Å². The van der Waals surface area contributed by atoms with Gasteiger partial charge in [0.05, 0.1) is 7.11 Å². The van der Waals surface area contributed by atoms with Crippen LogP contribution in [0.25, 0.3) is 0 Å². The molecule has 0 spiro atoms. The number of methoxy groups -OCH3 is 1. The lowest BCUT2D eigenvalue weighted by atomic mass is 10.1. The van der Waals surface area contributed by atoms with Gasteiger partial charge in [-0.1, -0.05) is 35.9 Å². The number of nitrogens with zero attached hydrogens (tertiary/aromatic N) is 2. The molecule has 0 aromatic heterocycles. The summed E-state index contributed by atoms with van der Waals surface area (Å²) in [7, 11) is 1.62. The van der Waals surface area contributed by atoms with Crippen LogP contribution in [0.1, 0.15) is 11.1 Å². The van der Waals surface area contributed by atoms with Crippen LogP contribution in [0.15, 0.2) is 48.5 Å². The van der Waals surface area contributed by atoms with Crippen LogP contribution in [0.5, 0.6) is 5.75 Å². The van der Waals surface area contributed by atoms with E-state index in [1.165, 1.54) is 11.1 Å². The van der Waals surface area contributed by atoms with Crippen LogP contribution in [0.4, 0.5) is 10.5 Å². The molecule has 5 heteroatoms. The highest BCUT2D eigenvalue weighted by molar-refractivity contribution is 5.89. The molecule has 25 heavy (non-hydrogen) atoms. The second-order valence-electron chi connectivity index (χ2n) is 6.41. The lowest BCUT2D eigenvalue weighted by Crippen LogP contribution is -2.49. The fraction of sp³-hybridized carbons (Fsp3) is 0.350. The summed E-state index contributed by atoms with van der Waals surface area (Å²) < 4.78 is 5.19. The number of aryl methyl sites for hydroxylation is 1. The highest BCUT2D eigenvalue weighted by Crippen LogP contribution is 2.17. The van der Waals surface area contributed by atoms with Gasteiger partial charge in [-0.25, -0.2) is 4.79 Å². The van der Waals surface area contributed by atoms with Crippen molar-refractivity contribution in [1.29, 1.82) is 0 Å². The molecule has 2 aromatic carbocycles. The molecule has 0 aliphatic carbocycles. The Hall–Kier alpha value is -2.53. The van der Waals surface area contributed by atoms with Crippen LogP contribution in [0, 0.1) is 6.92 Å². The first-order valence-electron chi connectivity index (χ1n) is 8.62. The second kappa shape index (κ2) is 8.03. The maximum absolute atomic E-state index is 12.4.